The van der Waals surface area contributed by atoms with Crippen LogP contribution >= 0.6 is 0 Å². The van der Waals surface area contributed by atoms with Gasteiger partial charge in [-0.1, -0.05) is 0 Å². The number of aromatic amines is 1. The molecule has 96 valence electrons. The van der Waals surface area contributed by atoms with Gasteiger partial charge in [-0.05, 0) is 24.3 Å². The van der Waals surface area contributed by atoms with Gasteiger partial charge in [0.15, 0.2) is 0 Å². The molecule has 0 aliphatic carbocycles. The molecule has 0 unspecified atom stereocenters. The van der Waals surface area contributed by atoms with Gasteiger partial charge in [-0.15, -0.1) is 0 Å². The number of aryl methyl sites for hydroxylation is 1. The predicted octanol–water partition coefficient (Wildman–Crippen LogP) is 2.41. The summed E-state index contributed by atoms with van der Waals surface area (Å²) in [4.78, 5) is 14.0. The smallest absolute Gasteiger partial charge is 0.354 e. The van der Waals surface area contributed by atoms with Crippen molar-refractivity contribution in [1.82, 2.24) is 14.8 Å². The Kier molecular flexibility index (Phi) is 2.38. The highest BCUT2D eigenvalue weighted by Gasteiger charge is 2.14. The molecule has 6 heteroatoms. The Bertz CT molecular complexity index is 788. The number of hydrogen-bond acceptors (Lipinski definition) is 2. The molecule has 3 aromatic rings. The zero-order valence-electron chi connectivity index (χ0n) is 10.0. The molecule has 19 heavy (non-hydrogen) atoms. The van der Waals surface area contributed by atoms with Gasteiger partial charge in [0, 0.05) is 24.0 Å². The number of aromatic nitrogens is 3. The second-order valence-corrected chi connectivity index (χ2v) is 4.26. The van der Waals surface area contributed by atoms with Gasteiger partial charge in [0.25, 0.3) is 0 Å². The first-order valence-electron chi connectivity index (χ1n) is 5.60. The van der Waals surface area contributed by atoms with Crippen LogP contribution in [0.15, 0.2) is 30.3 Å². The molecule has 2 aromatic heterocycles. The van der Waals surface area contributed by atoms with Crippen molar-refractivity contribution in [2.24, 2.45) is 7.05 Å². The summed E-state index contributed by atoms with van der Waals surface area (Å²) in [6.45, 7) is 0. The zero-order valence-corrected chi connectivity index (χ0v) is 10.0. The molecule has 0 saturated heterocycles. The Morgan fingerprint density at radius 2 is 2.16 bits per heavy atom. The van der Waals surface area contributed by atoms with Crippen molar-refractivity contribution < 1.29 is 14.3 Å². The van der Waals surface area contributed by atoms with Crippen LogP contribution in [0.2, 0.25) is 0 Å². The molecule has 0 atom stereocenters. The fraction of sp³-hybridized carbons (Fsp3) is 0.0769. The van der Waals surface area contributed by atoms with E-state index in [1.54, 1.807) is 13.1 Å². The van der Waals surface area contributed by atoms with Gasteiger partial charge in [-0.2, -0.15) is 5.10 Å². The molecule has 0 aliphatic rings. The fourth-order valence-corrected chi connectivity index (χ4v) is 2.04. The van der Waals surface area contributed by atoms with Crippen LogP contribution in [0.4, 0.5) is 4.39 Å². The Labute approximate surface area is 107 Å². The topological polar surface area (TPSA) is 70.9 Å². The van der Waals surface area contributed by atoms with E-state index in [1.165, 1.54) is 22.9 Å². The van der Waals surface area contributed by atoms with Crippen molar-refractivity contribution in [3.8, 4) is 11.4 Å². The molecule has 1 aromatic carbocycles. The number of carbonyl (C=O) groups is 1. The first-order chi connectivity index (χ1) is 9.04. The van der Waals surface area contributed by atoms with Crippen LogP contribution in [0.5, 0.6) is 0 Å². The molecule has 0 fully saturated rings. The minimum Gasteiger partial charge on any atom is -0.477 e. The summed E-state index contributed by atoms with van der Waals surface area (Å²) in [5.41, 5.74) is 1.91. The molecular weight excluding hydrogens is 249 g/mol. The lowest BCUT2D eigenvalue weighted by Gasteiger charge is -1.91. The number of carboxylic acids is 1. The van der Waals surface area contributed by atoms with Gasteiger partial charge in [0.2, 0.25) is 0 Å². The molecule has 0 spiro atoms. The van der Waals surface area contributed by atoms with E-state index >= 15 is 0 Å². The van der Waals surface area contributed by atoms with Gasteiger partial charge in [0.1, 0.15) is 17.2 Å². The molecular formula is C13H10FN3O2. The standard InChI is InChI=1S/C13H10FN3O2/c1-17-12(13(18)19)6-11(16-17)10-4-7-2-3-8(14)5-9(7)15-10/h2-6,15H,1H3,(H,18,19). The van der Waals surface area contributed by atoms with Crippen molar-refractivity contribution in [2.45, 2.75) is 0 Å². The number of H-pyrrole nitrogens is 1. The van der Waals surface area contributed by atoms with E-state index in [-0.39, 0.29) is 11.5 Å². The lowest BCUT2D eigenvalue weighted by molar-refractivity contribution is 0.0685. The van der Waals surface area contributed by atoms with Crippen molar-refractivity contribution in [3.63, 3.8) is 0 Å². The monoisotopic (exact) mass is 259 g/mol. The van der Waals surface area contributed by atoms with E-state index in [1.807, 2.05) is 6.07 Å². The van der Waals surface area contributed by atoms with Gasteiger partial charge in [0.05, 0.1) is 5.69 Å². The maximum Gasteiger partial charge on any atom is 0.354 e. The first-order valence-corrected chi connectivity index (χ1v) is 5.60. The quantitative estimate of drug-likeness (QED) is 0.742. The van der Waals surface area contributed by atoms with Crippen molar-refractivity contribution in [2.75, 3.05) is 0 Å². The highest BCUT2D eigenvalue weighted by molar-refractivity contribution is 5.89. The van der Waals surface area contributed by atoms with E-state index in [2.05, 4.69) is 10.1 Å². The van der Waals surface area contributed by atoms with Gasteiger partial charge < -0.3 is 10.1 Å². The van der Waals surface area contributed by atoms with E-state index < -0.39 is 5.97 Å². The molecule has 0 aliphatic heterocycles. The van der Waals surface area contributed by atoms with E-state index in [0.717, 1.165) is 5.39 Å². The second kappa shape index (κ2) is 3.94. The Morgan fingerprint density at radius 3 is 2.84 bits per heavy atom. The highest BCUT2D eigenvalue weighted by atomic mass is 19.1. The SMILES string of the molecule is Cn1nc(-c2cc3ccc(F)cc3[nH]2)cc1C(=O)O. The Morgan fingerprint density at radius 1 is 1.37 bits per heavy atom. The summed E-state index contributed by atoms with van der Waals surface area (Å²) in [5.74, 6) is -1.36. The largest absolute Gasteiger partial charge is 0.477 e. The summed E-state index contributed by atoms with van der Waals surface area (Å²) < 4.78 is 14.4. The maximum atomic E-state index is 13.1. The van der Waals surface area contributed by atoms with Crippen molar-refractivity contribution >= 4 is 16.9 Å². The number of nitrogens with one attached hydrogen (secondary N) is 1. The average molecular weight is 259 g/mol. The average Bonchev–Trinajstić information content (AvgIpc) is 2.91. The van der Waals surface area contributed by atoms with E-state index in [4.69, 9.17) is 5.11 Å². The Hall–Kier alpha value is -2.63. The van der Waals surface area contributed by atoms with Crippen molar-refractivity contribution in [1.29, 1.82) is 0 Å². The number of carboxylic acid groups (broad SMARTS) is 1. The number of halogens is 1. The molecule has 0 radical (unpaired) electrons. The number of fused-ring (bicyclic) bond motifs is 1. The van der Waals surface area contributed by atoms with Crippen LogP contribution in [0.25, 0.3) is 22.3 Å². The number of benzene rings is 1. The predicted molar refractivity (Wildman–Crippen MR) is 67.4 cm³/mol. The minimum absolute atomic E-state index is 0.0971. The fourth-order valence-electron chi connectivity index (χ4n) is 2.04. The van der Waals surface area contributed by atoms with Crippen LogP contribution in [-0.2, 0) is 7.05 Å². The third kappa shape index (κ3) is 1.87. The van der Waals surface area contributed by atoms with Gasteiger partial charge in [-0.3, -0.25) is 4.68 Å². The van der Waals surface area contributed by atoms with Crippen LogP contribution in [0.3, 0.4) is 0 Å². The maximum absolute atomic E-state index is 13.1. The number of aromatic carboxylic acids is 1. The number of hydrogen-bond donors (Lipinski definition) is 2. The number of nitrogens with zero attached hydrogens (tertiary/aromatic N) is 2. The highest BCUT2D eigenvalue weighted by Crippen LogP contribution is 2.24. The molecule has 0 saturated carbocycles. The summed E-state index contributed by atoms with van der Waals surface area (Å²) >= 11 is 0. The third-order valence-corrected chi connectivity index (χ3v) is 2.96. The van der Waals surface area contributed by atoms with Gasteiger partial charge in [-0.25, -0.2) is 9.18 Å². The number of rotatable bonds is 2. The minimum atomic E-state index is -1.04. The molecule has 2 N–H and O–H groups in total. The van der Waals surface area contributed by atoms with Crippen LogP contribution < -0.4 is 0 Å². The normalized spacial score (nSPS) is 11.1. The Balaban J connectivity index is 2.13. The van der Waals surface area contributed by atoms with Crippen LogP contribution in [0, 0.1) is 5.82 Å². The van der Waals surface area contributed by atoms with Gasteiger partial charge >= 0.3 is 5.97 Å². The zero-order chi connectivity index (χ0) is 13.6. The van der Waals surface area contributed by atoms with Crippen LogP contribution in [-0.4, -0.2) is 25.8 Å². The lowest BCUT2D eigenvalue weighted by Crippen LogP contribution is -2.04. The molecule has 0 bridgehead atoms. The summed E-state index contributed by atoms with van der Waals surface area (Å²) in [7, 11) is 1.56. The summed E-state index contributed by atoms with van der Waals surface area (Å²) in [6, 6.07) is 7.71. The van der Waals surface area contributed by atoms with E-state index in [9.17, 15) is 9.18 Å². The van der Waals surface area contributed by atoms with Crippen LogP contribution in [0.1, 0.15) is 10.5 Å². The molecule has 3 rings (SSSR count). The van der Waals surface area contributed by atoms with E-state index in [0.29, 0.717) is 16.9 Å². The second-order valence-electron chi connectivity index (χ2n) is 4.26. The summed E-state index contributed by atoms with van der Waals surface area (Å²) in [6.07, 6.45) is 0. The molecule has 2 heterocycles. The van der Waals surface area contributed by atoms with Crippen molar-refractivity contribution in [3.05, 3.63) is 41.8 Å². The lowest BCUT2D eigenvalue weighted by atomic mass is 10.2. The third-order valence-electron chi connectivity index (χ3n) is 2.96. The first kappa shape index (κ1) is 11.5. The summed E-state index contributed by atoms with van der Waals surface area (Å²) in [5, 5.41) is 14.0. The molecule has 5 nitrogen and oxygen atoms in total. The molecule has 0 amide bonds.